The lowest BCUT2D eigenvalue weighted by atomic mass is 10.1. The molecule has 0 saturated heterocycles. The molecule has 0 heterocycles. The molecule has 2 aromatic carbocycles. The van der Waals surface area contributed by atoms with Crippen molar-refractivity contribution in [2.45, 2.75) is 46.7 Å². The van der Waals surface area contributed by atoms with E-state index in [1.807, 2.05) is 45.0 Å². The van der Waals surface area contributed by atoms with Crippen molar-refractivity contribution < 1.29 is 14.0 Å². The minimum absolute atomic E-state index is 0.0830. The summed E-state index contributed by atoms with van der Waals surface area (Å²) in [5.74, 6) is -0.583. The third-order valence-corrected chi connectivity index (χ3v) is 4.59. The van der Waals surface area contributed by atoms with Gasteiger partial charge in [0.25, 0.3) is 0 Å². The molecule has 5 heteroatoms. The van der Waals surface area contributed by atoms with Crippen LogP contribution >= 0.6 is 0 Å². The summed E-state index contributed by atoms with van der Waals surface area (Å²) in [6, 6.07) is 13.4. The van der Waals surface area contributed by atoms with Gasteiger partial charge in [-0.2, -0.15) is 0 Å². The highest BCUT2D eigenvalue weighted by atomic mass is 19.1. The molecule has 2 aromatic rings. The standard InChI is InChI=1S/C23H29FN2O2/c1-16(2)14-25-23(28)18(4)26(15-19-9-7-8-17(3)12-19)22(27)13-20-10-5-6-11-21(20)24/h5-12,16,18H,13-15H2,1-4H3,(H,25,28)/t18-/m1/s1. The zero-order valence-corrected chi connectivity index (χ0v) is 17.0. The van der Waals surface area contributed by atoms with Crippen LogP contribution in [0.1, 0.15) is 37.5 Å². The summed E-state index contributed by atoms with van der Waals surface area (Å²) >= 11 is 0. The van der Waals surface area contributed by atoms with Crippen molar-refractivity contribution in [3.05, 3.63) is 71.0 Å². The maximum Gasteiger partial charge on any atom is 0.242 e. The van der Waals surface area contributed by atoms with E-state index in [0.717, 1.165) is 11.1 Å². The number of rotatable bonds is 8. The summed E-state index contributed by atoms with van der Waals surface area (Å²) in [5.41, 5.74) is 2.35. The molecule has 0 fully saturated rings. The highest BCUT2D eigenvalue weighted by Crippen LogP contribution is 2.15. The third-order valence-electron chi connectivity index (χ3n) is 4.59. The van der Waals surface area contributed by atoms with Crippen LogP contribution in [0.15, 0.2) is 48.5 Å². The average Bonchev–Trinajstić information content (AvgIpc) is 2.65. The molecule has 1 N–H and O–H groups in total. The van der Waals surface area contributed by atoms with Gasteiger partial charge in [0, 0.05) is 13.1 Å². The van der Waals surface area contributed by atoms with Crippen molar-refractivity contribution in [1.82, 2.24) is 10.2 Å². The van der Waals surface area contributed by atoms with E-state index in [0.29, 0.717) is 24.6 Å². The minimum atomic E-state index is -0.654. The lowest BCUT2D eigenvalue weighted by molar-refractivity contribution is -0.140. The lowest BCUT2D eigenvalue weighted by Gasteiger charge is -2.29. The fourth-order valence-corrected chi connectivity index (χ4v) is 2.95. The second-order valence-electron chi connectivity index (χ2n) is 7.59. The Morgan fingerprint density at radius 2 is 1.79 bits per heavy atom. The molecule has 0 aliphatic rings. The Bertz CT molecular complexity index is 820. The van der Waals surface area contributed by atoms with Crippen molar-refractivity contribution in [3.8, 4) is 0 Å². The van der Waals surface area contributed by atoms with E-state index < -0.39 is 11.9 Å². The van der Waals surface area contributed by atoms with E-state index in [1.165, 1.54) is 11.0 Å². The van der Waals surface area contributed by atoms with Gasteiger partial charge in [0.1, 0.15) is 11.9 Å². The first-order chi connectivity index (χ1) is 13.3. The maximum absolute atomic E-state index is 14.0. The van der Waals surface area contributed by atoms with Gasteiger partial charge < -0.3 is 10.2 Å². The Hall–Kier alpha value is -2.69. The molecular weight excluding hydrogens is 355 g/mol. The van der Waals surface area contributed by atoms with Crippen molar-refractivity contribution >= 4 is 11.8 Å². The normalized spacial score (nSPS) is 11.9. The van der Waals surface area contributed by atoms with Crippen LogP contribution in [-0.4, -0.2) is 29.3 Å². The van der Waals surface area contributed by atoms with Crippen LogP contribution in [0.2, 0.25) is 0 Å². The quantitative estimate of drug-likeness (QED) is 0.751. The Morgan fingerprint density at radius 1 is 1.07 bits per heavy atom. The molecule has 0 aliphatic heterocycles. The minimum Gasteiger partial charge on any atom is -0.354 e. The summed E-state index contributed by atoms with van der Waals surface area (Å²) in [4.78, 5) is 27.1. The number of nitrogens with zero attached hydrogens (tertiary/aromatic N) is 1. The summed E-state index contributed by atoms with van der Waals surface area (Å²) in [6.07, 6.45) is -0.0830. The number of carbonyl (C=O) groups is 2. The SMILES string of the molecule is Cc1cccc(CN(C(=O)Cc2ccccc2F)[C@H](C)C(=O)NCC(C)C)c1. The summed E-state index contributed by atoms with van der Waals surface area (Å²) in [6.45, 7) is 8.56. The fraction of sp³-hybridized carbons (Fsp3) is 0.391. The first-order valence-corrected chi connectivity index (χ1v) is 9.64. The number of benzene rings is 2. The van der Waals surface area contributed by atoms with Crippen LogP contribution in [0.4, 0.5) is 4.39 Å². The van der Waals surface area contributed by atoms with Crippen LogP contribution in [-0.2, 0) is 22.6 Å². The van der Waals surface area contributed by atoms with Gasteiger partial charge in [-0.15, -0.1) is 0 Å². The number of aryl methyl sites for hydroxylation is 1. The monoisotopic (exact) mass is 384 g/mol. The molecule has 0 radical (unpaired) electrons. The number of nitrogens with one attached hydrogen (secondary N) is 1. The third kappa shape index (κ3) is 6.19. The molecule has 28 heavy (non-hydrogen) atoms. The molecule has 0 aliphatic carbocycles. The van der Waals surface area contributed by atoms with E-state index in [2.05, 4.69) is 5.32 Å². The van der Waals surface area contributed by atoms with Gasteiger partial charge in [-0.05, 0) is 37.0 Å². The molecule has 0 bridgehead atoms. The predicted octanol–water partition coefficient (Wildman–Crippen LogP) is 3.87. The van der Waals surface area contributed by atoms with Crippen molar-refractivity contribution in [3.63, 3.8) is 0 Å². The molecule has 0 aromatic heterocycles. The summed E-state index contributed by atoms with van der Waals surface area (Å²) < 4.78 is 14.0. The molecule has 1 atom stereocenters. The summed E-state index contributed by atoms with van der Waals surface area (Å²) in [7, 11) is 0. The average molecular weight is 384 g/mol. The zero-order valence-electron chi connectivity index (χ0n) is 17.0. The van der Waals surface area contributed by atoms with E-state index >= 15 is 0 Å². The van der Waals surface area contributed by atoms with E-state index in [4.69, 9.17) is 0 Å². The highest BCUT2D eigenvalue weighted by Gasteiger charge is 2.26. The maximum atomic E-state index is 14.0. The Balaban J connectivity index is 2.22. The number of carbonyl (C=O) groups excluding carboxylic acids is 2. The molecule has 150 valence electrons. The lowest BCUT2D eigenvalue weighted by Crippen LogP contribution is -2.48. The number of halogens is 1. The second-order valence-corrected chi connectivity index (χ2v) is 7.59. The first-order valence-electron chi connectivity index (χ1n) is 9.64. The molecule has 0 saturated carbocycles. The molecule has 4 nitrogen and oxygen atoms in total. The molecule has 0 spiro atoms. The second kappa shape index (κ2) is 10.0. The molecule has 2 rings (SSSR count). The van der Waals surface area contributed by atoms with Crippen molar-refractivity contribution in [1.29, 1.82) is 0 Å². The Labute approximate surface area is 166 Å². The van der Waals surface area contributed by atoms with Gasteiger partial charge >= 0.3 is 0 Å². The number of hydrogen-bond acceptors (Lipinski definition) is 2. The van der Waals surface area contributed by atoms with E-state index in [9.17, 15) is 14.0 Å². The summed E-state index contributed by atoms with van der Waals surface area (Å²) in [5, 5.41) is 2.88. The van der Waals surface area contributed by atoms with Crippen LogP contribution in [0, 0.1) is 18.7 Å². The van der Waals surface area contributed by atoms with Gasteiger partial charge in [-0.3, -0.25) is 9.59 Å². The van der Waals surface area contributed by atoms with Gasteiger partial charge in [0.05, 0.1) is 6.42 Å². The van der Waals surface area contributed by atoms with Crippen LogP contribution in [0.5, 0.6) is 0 Å². The number of amides is 2. The van der Waals surface area contributed by atoms with Crippen LogP contribution in [0.25, 0.3) is 0 Å². The first kappa shape index (κ1) is 21.6. The van der Waals surface area contributed by atoms with Crippen molar-refractivity contribution in [2.75, 3.05) is 6.54 Å². The van der Waals surface area contributed by atoms with Gasteiger partial charge in [-0.25, -0.2) is 4.39 Å². The van der Waals surface area contributed by atoms with Gasteiger partial charge in [-0.1, -0.05) is 61.9 Å². The topological polar surface area (TPSA) is 49.4 Å². The van der Waals surface area contributed by atoms with E-state index in [-0.39, 0.29) is 18.2 Å². The largest absolute Gasteiger partial charge is 0.354 e. The van der Waals surface area contributed by atoms with Gasteiger partial charge in [0.15, 0.2) is 0 Å². The van der Waals surface area contributed by atoms with Crippen LogP contribution in [0.3, 0.4) is 0 Å². The van der Waals surface area contributed by atoms with Gasteiger partial charge in [0.2, 0.25) is 11.8 Å². The fourth-order valence-electron chi connectivity index (χ4n) is 2.95. The number of hydrogen-bond donors (Lipinski definition) is 1. The molecular formula is C23H29FN2O2. The predicted molar refractivity (Wildman–Crippen MR) is 109 cm³/mol. The highest BCUT2D eigenvalue weighted by molar-refractivity contribution is 5.88. The van der Waals surface area contributed by atoms with Crippen LogP contribution < -0.4 is 5.32 Å². The Morgan fingerprint density at radius 3 is 2.43 bits per heavy atom. The smallest absolute Gasteiger partial charge is 0.242 e. The zero-order chi connectivity index (χ0) is 20.7. The van der Waals surface area contributed by atoms with Crippen molar-refractivity contribution in [2.24, 2.45) is 5.92 Å². The van der Waals surface area contributed by atoms with E-state index in [1.54, 1.807) is 25.1 Å². The Kier molecular flexibility index (Phi) is 7.73. The molecule has 0 unspecified atom stereocenters. The molecule has 2 amide bonds.